The van der Waals surface area contributed by atoms with Gasteiger partial charge in [0.15, 0.2) is 17.3 Å². The van der Waals surface area contributed by atoms with E-state index in [0.717, 1.165) is 16.9 Å². The summed E-state index contributed by atoms with van der Waals surface area (Å²) < 4.78 is 25.7. The van der Waals surface area contributed by atoms with Gasteiger partial charge in [-0.15, -0.1) is 5.10 Å². The first-order chi connectivity index (χ1) is 14.1. The number of aryl methyl sites for hydroxylation is 1. The first kappa shape index (κ1) is 18.7. The summed E-state index contributed by atoms with van der Waals surface area (Å²) in [5, 5.41) is 7.88. The van der Waals surface area contributed by atoms with Crippen LogP contribution >= 0.6 is 0 Å². The standard InChI is InChI=1S/C21H20FN5O2/c1-13-9-20(24-16-7-8-17(28-2)18(12-16)29-3)27-21(23-13)25-19(26-27)11-14-5-4-6-15(22)10-14/h4-10,12,24H,11H2,1-3H3. The van der Waals surface area contributed by atoms with Gasteiger partial charge in [-0.05, 0) is 36.8 Å². The average Bonchev–Trinajstić information content (AvgIpc) is 3.10. The van der Waals surface area contributed by atoms with E-state index in [1.165, 1.54) is 12.1 Å². The van der Waals surface area contributed by atoms with Gasteiger partial charge in [0.1, 0.15) is 11.6 Å². The zero-order valence-electron chi connectivity index (χ0n) is 16.3. The van der Waals surface area contributed by atoms with Gasteiger partial charge in [0, 0.05) is 29.9 Å². The van der Waals surface area contributed by atoms with Crippen molar-refractivity contribution in [3.8, 4) is 11.5 Å². The largest absolute Gasteiger partial charge is 0.493 e. The molecule has 4 aromatic rings. The number of methoxy groups -OCH3 is 2. The normalized spacial score (nSPS) is 10.9. The maximum absolute atomic E-state index is 13.5. The summed E-state index contributed by atoms with van der Waals surface area (Å²) in [4.78, 5) is 8.94. The van der Waals surface area contributed by atoms with E-state index in [4.69, 9.17) is 9.47 Å². The number of hydrogen-bond acceptors (Lipinski definition) is 6. The van der Waals surface area contributed by atoms with Gasteiger partial charge in [0.25, 0.3) is 5.78 Å². The lowest BCUT2D eigenvalue weighted by molar-refractivity contribution is 0.355. The second kappa shape index (κ2) is 7.75. The highest BCUT2D eigenvalue weighted by Gasteiger charge is 2.12. The van der Waals surface area contributed by atoms with Crippen molar-refractivity contribution in [3.63, 3.8) is 0 Å². The number of rotatable bonds is 6. The molecular formula is C21H20FN5O2. The van der Waals surface area contributed by atoms with Crippen LogP contribution in [0, 0.1) is 12.7 Å². The maximum atomic E-state index is 13.5. The molecule has 4 rings (SSSR count). The van der Waals surface area contributed by atoms with Crippen LogP contribution in [0.1, 0.15) is 17.1 Å². The average molecular weight is 393 g/mol. The third-order valence-electron chi connectivity index (χ3n) is 4.39. The molecule has 0 spiro atoms. The van der Waals surface area contributed by atoms with E-state index < -0.39 is 0 Å². The van der Waals surface area contributed by atoms with E-state index in [1.54, 1.807) is 24.8 Å². The molecule has 0 aliphatic carbocycles. The SMILES string of the molecule is COc1ccc(Nc2cc(C)nc3nc(Cc4cccc(F)c4)nn23)cc1OC. The predicted molar refractivity (Wildman–Crippen MR) is 108 cm³/mol. The topological polar surface area (TPSA) is 73.6 Å². The molecule has 0 unspecified atom stereocenters. The van der Waals surface area contributed by atoms with E-state index in [1.807, 2.05) is 37.3 Å². The van der Waals surface area contributed by atoms with Crippen molar-refractivity contribution >= 4 is 17.3 Å². The molecule has 0 amide bonds. The van der Waals surface area contributed by atoms with Gasteiger partial charge in [0.05, 0.1) is 14.2 Å². The van der Waals surface area contributed by atoms with E-state index in [0.29, 0.717) is 35.3 Å². The summed E-state index contributed by atoms with van der Waals surface area (Å²) in [6.07, 6.45) is 0.413. The van der Waals surface area contributed by atoms with Gasteiger partial charge in [0.2, 0.25) is 0 Å². The number of nitrogens with one attached hydrogen (secondary N) is 1. The number of halogens is 1. The number of aromatic nitrogens is 4. The minimum absolute atomic E-state index is 0.281. The first-order valence-electron chi connectivity index (χ1n) is 9.02. The van der Waals surface area contributed by atoms with Crippen LogP contribution in [0.25, 0.3) is 5.78 Å². The van der Waals surface area contributed by atoms with Gasteiger partial charge in [-0.25, -0.2) is 9.37 Å². The lowest BCUT2D eigenvalue weighted by Gasteiger charge is -2.12. The molecule has 0 saturated carbocycles. The van der Waals surface area contributed by atoms with E-state index in [2.05, 4.69) is 20.4 Å². The minimum atomic E-state index is -0.281. The van der Waals surface area contributed by atoms with Crippen molar-refractivity contribution in [2.75, 3.05) is 19.5 Å². The van der Waals surface area contributed by atoms with Gasteiger partial charge >= 0.3 is 0 Å². The Kier molecular flexibility index (Phi) is 4.99. The lowest BCUT2D eigenvalue weighted by atomic mass is 10.1. The molecular weight excluding hydrogens is 373 g/mol. The van der Waals surface area contributed by atoms with E-state index in [-0.39, 0.29) is 5.82 Å². The fourth-order valence-electron chi connectivity index (χ4n) is 3.08. The van der Waals surface area contributed by atoms with Crippen molar-refractivity contribution < 1.29 is 13.9 Å². The Morgan fingerprint density at radius 2 is 1.83 bits per heavy atom. The Morgan fingerprint density at radius 1 is 1.00 bits per heavy atom. The maximum Gasteiger partial charge on any atom is 0.254 e. The van der Waals surface area contributed by atoms with Crippen LogP contribution in [0.3, 0.4) is 0 Å². The number of ether oxygens (including phenoxy) is 2. The van der Waals surface area contributed by atoms with Crippen LogP contribution in [-0.4, -0.2) is 33.8 Å². The Hall–Kier alpha value is -3.68. The van der Waals surface area contributed by atoms with Gasteiger partial charge in [-0.1, -0.05) is 12.1 Å². The highest BCUT2D eigenvalue weighted by Crippen LogP contribution is 2.31. The molecule has 0 aliphatic rings. The molecule has 2 aromatic heterocycles. The van der Waals surface area contributed by atoms with Crippen LogP contribution in [0.4, 0.5) is 15.9 Å². The summed E-state index contributed by atoms with van der Waals surface area (Å²) in [7, 11) is 3.18. The van der Waals surface area contributed by atoms with Gasteiger partial charge < -0.3 is 14.8 Å². The molecule has 0 radical (unpaired) electrons. The second-order valence-corrected chi connectivity index (χ2v) is 6.52. The van der Waals surface area contributed by atoms with Crippen molar-refractivity contribution in [2.45, 2.75) is 13.3 Å². The number of hydrogen-bond donors (Lipinski definition) is 1. The van der Waals surface area contributed by atoms with Crippen LogP contribution in [0.5, 0.6) is 11.5 Å². The van der Waals surface area contributed by atoms with Crippen molar-refractivity contribution in [3.05, 3.63) is 71.4 Å². The van der Waals surface area contributed by atoms with Crippen LogP contribution in [-0.2, 0) is 6.42 Å². The van der Waals surface area contributed by atoms with E-state index >= 15 is 0 Å². The third-order valence-corrected chi connectivity index (χ3v) is 4.39. The fraction of sp³-hybridized carbons (Fsp3) is 0.190. The summed E-state index contributed by atoms with van der Waals surface area (Å²) in [6.45, 7) is 1.89. The number of anilines is 2. The van der Waals surface area contributed by atoms with Crippen LogP contribution < -0.4 is 14.8 Å². The van der Waals surface area contributed by atoms with Crippen molar-refractivity contribution in [1.29, 1.82) is 0 Å². The molecule has 1 N–H and O–H groups in total. The fourth-order valence-corrected chi connectivity index (χ4v) is 3.08. The zero-order chi connectivity index (χ0) is 20.4. The lowest BCUT2D eigenvalue weighted by Crippen LogP contribution is -2.03. The molecule has 0 aliphatic heterocycles. The summed E-state index contributed by atoms with van der Waals surface area (Å²) in [5.41, 5.74) is 2.40. The summed E-state index contributed by atoms with van der Waals surface area (Å²) >= 11 is 0. The number of benzene rings is 2. The summed E-state index contributed by atoms with van der Waals surface area (Å²) in [6, 6.07) is 13.8. The molecule has 8 heteroatoms. The molecule has 7 nitrogen and oxygen atoms in total. The smallest absolute Gasteiger partial charge is 0.254 e. The summed E-state index contributed by atoms with van der Waals surface area (Å²) in [5.74, 6) is 2.72. The van der Waals surface area contributed by atoms with Crippen LogP contribution in [0.2, 0.25) is 0 Å². The number of fused-ring (bicyclic) bond motifs is 1. The van der Waals surface area contributed by atoms with Crippen molar-refractivity contribution in [1.82, 2.24) is 19.6 Å². The minimum Gasteiger partial charge on any atom is -0.493 e. The molecule has 0 bridgehead atoms. The third kappa shape index (κ3) is 3.96. The van der Waals surface area contributed by atoms with Gasteiger partial charge in [-0.3, -0.25) is 0 Å². The highest BCUT2D eigenvalue weighted by atomic mass is 19.1. The highest BCUT2D eigenvalue weighted by molar-refractivity contribution is 5.63. The monoisotopic (exact) mass is 393 g/mol. The molecule has 2 heterocycles. The zero-order valence-corrected chi connectivity index (χ0v) is 16.3. The number of nitrogens with zero attached hydrogens (tertiary/aromatic N) is 4. The van der Waals surface area contributed by atoms with Gasteiger partial charge in [-0.2, -0.15) is 9.50 Å². The Balaban J connectivity index is 1.68. The Labute approximate surface area is 167 Å². The second-order valence-electron chi connectivity index (χ2n) is 6.52. The van der Waals surface area contributed by atoms with E-state index in [9.17, 15) is 4.39 Å². The molecule has 0 saturated heterocycles. The van der Waals surface area contributed by atoms with Crippen molar-refractivity contribution in [2.24, 2.45) is 0 Å². The molecule has 0 fully saturated rings. The molecule has 2 aromatic carbocycles. The molecule has 148 valence electrons. The Morgan fingerprint density at radius 3 is 2.59 bits per heavy atom. The molecule has 29 heavy (non-hydrogen) atoms. The quantitative estimate of drug-likeness (QED) is 0.535. The molecule has 0 atom stereocenters. The Bertz CT molecular complexity index is 1180. The predicted octanol–water partition coefficient (Wildman–Crippen LogP) is 3.92. The first-order valence-corrected chi connectivity index (χ1v) is 9.02. The van der Waals surface area contributed by atoms with Crippen LogP contribution in [0.15, 0.2) is 48.5 Å².